The summed E-state index contributed by atoms with van der Waals surface area (Å²) in [6, 6.07) is 0. The second kappa shape index (κ2) is 2.36. The van der Waals surface area contributed by atoms with Gasteiger partial charge in [0.05, 0.1) is 0 Å². The molecule has 0 aromatic carbocycles. The van der Waals surface area contributed by atoms with E-state index in [4.69, 9.17) is 8.05 Å². The van der Waals surface area contributed by atoms with Crippen LogP contribution in [-0.4, -0.2) is 14.2 Å². The Balaban J connectivity index is 2.14. The normalized spacial score (nSPS) is 23.4. The number of rotatable bonds is 1. The van der Waals surface area contributed by atoms with Gasteiger partial charge in [0.15, 0.2) is 0 Å². The van der Waals surface area contributed by atoms with E-state index in [0.29, 0.717) is 6.10 Å². The van der Waals surface area contributed by atoms with E-state index in [1.54, 1.807) is 0 Å². The van der Waals surface area contributed by atoms with Crippen molar-refractivity contribution in [3.8, 4) is 0 Å². The van der Waals surface area contributed by atoms with Crippen LogP contribution >= 0.6 is 0 Å². The molecule has 2 radical (unpaired) electrons. The lowest BCUT2D eigenvalue weighted by Gasteiger charge is -2.03. The molecule has 1 saturated carbocycles. The Morgan fingerprint density at radius 1 is 1.29 bits per heavy atom. The van der Waals surface area contributed by atoms with E-state index in [2.05, 4.69) is 4.65 Å². The third-order valence-electron chi connectivity index (χ3n) is 1.49. The Labute approximate surface area is 45.5 Å². The summed E-state index contributed by atoms with van der Waals surface area (Å²) in [5, 5.41) is 0. The van der Waals surface area contributed by atoms with Crippen molar-refractivity contribution in [3.05, 3.63) is 0 Å². The highest BCUT2D eigenvalue weighted by molar-refractivity contribution is 5.98. The van der Waals surface area contributed by atoms with Crippen molar-refractivity contribution >= 4 is 8.05 Å². The molecule has 0 amide bonds. The van der Waals surface area contributed by atoms with Gasteiger partial charge in [-0.1, -0.05) is 12.8 Å². The molecule has 0 unspecified atom stereocenters. The standard InChI is InChI=1S/C5H9BO/c6-7-5-3-1-2-4-5/h5H,1-4H2. The molecule has 1 fully saturated rings. The molecule has 0 N–H and O–H groups in total. The topological polar surface area (TPSA) is 9.23 Å². The summed E-state index contributed by atoms with van der Waals surface area (Å²) in [5.74, 6) is 0. The van der Waals surface area contributed by atoms with Crippen molar-refractivity contribution in [1.82, 2.24) is 0 Å². The summed E-state index contributed by atoms with van der Waals surface area (Å²) >= 11 is 0. The maximum atomic E-state index is 4.93. The number of hydrogen-bond donors (Lipinski definition) is 0. The van der Waals surface area contributed by atoms with Crippen molar-refractivity contribution in [1.29, 1.82) is 0 Å². The van der Waals surface area contributed by atoms with E-state index in [0.717, 1.165) is 12.8 Å². The lowest BCUT2D eigenvalue weighted by molar-refractivity contribution is 0.231. The van der Waals surface area contributed by atoms with Crippen LogP contribution in [0.5, 0.6) is 0 Å². The molecule has 38 valence electrons. The average molecular weight is 95.9 g/mol. The van der Waals surface area contributed by atoms with E-state index in [1.807, 2.05) is 0 Å². The molecule has 0 saturated heterocycles. The zero-order valence-corrected chi connectivity index (χ0v) is 4.39. The lowest BCUT2D eigenvalue weighted by atomic mass is 10.3. The van der Waals surface area contributed by atoms with Crippen LogP contribution in [0.4, 0.5) is 0 Å². The molecular formula is C5H9BO. The Bertz CT molecular complexity index is 50.0. The SMILES string of the molecule is [B]OC1CCCC1. The largest absolute Gasteiger partial charge is 0.445 e. The molecule has 1 nitrogen and oxygen atoms in total. The summed E-state index contributed by atoms with van der Waals surface area (Å²) in [7, 11) is 4.93. The highest BCUT2D eigenvalue weighted by Crippen LogP contribution is 2.19. The first-order chi connectivity index (χ1) is 3.43. The molecule has 1 aliphatic rings. The molecule has 0 atom stereocenters. The summed E-state index contributed by atoms with van der Waals surface area (Å²) in [4.78, 5) is 0. The van der Waals surface area contributed by atoms with Crippen LogP contribution < -0.4 is 0 Å². The molecular weight excluding hydrogens is 86.9 g/mol. The van der Waals surface area contributed by atoms with Gasteiger partial charge in [-0.25, -0.2) is 0 Å². The van der Waals surface area contributed by atoms with Crippen molar-refractivity contribution in [3.63, 3.8) is 0 Å². The van der Waals surface area contributed by atoms with Crippen molar-refractivity contribution < 1.29 is 4.65 Å². The van der Waals surface area contributed by atoms with Crippen LogP contribution in [-0.2, 0) is 4.65 Å². The Hall–Kier alpha value is 0.0249. The average Bonchev–Trinajstić information content (AvgIpc) is 2.14. The van der Waals surface area contributed by atoms with E-state index >= 15 is 0 Å². The van der Waals surface area contributed by atoms with Gasteiger partial charge in [-0.05, 0) is 12.8 Å². The fraction of sp³-hybridized carbons (Fsp3) is 1.00. The first-order valence-electron chi connectivity index (χ1n) is 2.79. The summed E-state index contributed by atoms with van der Waals surface area (Å²) in [6.07, 6.45) is 5.29. The minimum Gasteiger partial charge on any atom is -0.445 e. The number of hydrogen-bond acceptors (Lipinski definition) is 1. The molecule has 0 aromatic heterocycles. The molecule has 0 bridgehead atoms. The van der Waals surface area contributed by atoms with Gasteiger partial charge in [-0.2, -0.15) is 0 Å². The van der Waals surface area contributed by atoms with E-state index in [-0.39, 0.29) is 0 Å². The maximum Gasteiger partial charge on any atom is 0.283 e. The summed E-state index contributed by atoms with van der Waals surface area (Å²) in [5.41, 5.74) is 0. The van der Waals surface area contributed by atoms with Gasteiger partial charge in [-0.15, -0.1) is 0 Å². The van der Waals surface area contributed by atoms with Gasteiger partial charge in [0.25, 0.3) is 8.05 Å². The predicted octanol–water partition coefficient (Wildman–Crippen LogP) is 1.03. The highest BCUT2D eigenvalue weighted by Gasteiger charge is 2.11. The molecule has 0 spiro atoms. The van der Waals surface area contributed by atoms with Gasteiger partial charge in [0, 0.05) is 6.10 Å². The minimum absolute atomic E-state index is 0.375. The fourth-order valence-electron chi connectivity index (χ4n) is 1.02. The smallest absolute Gasteiger partial charge is 0.283 e. The highest BCUT2D eigenvalue weighted by atomic mass is 16.4. The quantitative estimate of drug-likeness (QED) is 0.443. The van der Waals surface area contributed by atoms with E-state index in [1.165, 1.54) is 12.8 Å². The first kappa shape index (κ1) is 5.17. The van der Waals surface area contributed by atoms with Crippen molar-refractivity contribution in [2.24, 2.45) is 0 Å². The Morgan fingerprint density at radius 3 is 2.14 bits per heavy atom. The monoisotopic (exact) mass is 96.1 g/mol. The molecule has 1 rings (SSSR count). The maximum absolute atomic E-state index is 4.93. The second-order valence-corrected chi connectivity index (χ2v) is 2.04. The van der Waals surface area contributed by atoms with Gasteiger partial charge in [-0.3, -0.25) is 0 Å². The predicted molar refractivity (Wildman–Crippen MR) is 29.1 cm³/mol. The molecule has 0 heterocycles. The first-order valence-corrected chi connectivity index (χ1v) is 2.79. The van der Waals surface area contributed by atoms with Crippen LogP contribution in [0.2, 0.25) is 0 Å². The van der Waals surface area contributed by atoms with Gasteiger partial charge < -0.3 is 4.65 Å². The molecule has 7 heavy (non-hydrogen) atoms. The van der Waals surface area contributed by atoms with Crippen LogP contribution in [0, 0.1) is 0 Å². The third-order valence-corrected chi connectivity index (χ3v) is 1.49. The van der Waals surface area contributed by atoms with Crippen LogP contribution in [0.25, 0.3) is 0 Å². The lowest BCUT2D eigenvalue weighted by Crippen LogP contribution is -2.02. The summed E-state index contributed by atoms with van der Waals surface area (Å²) < 4.78 is 4.61. The Kier molecular flexibility index (Phi) is 1.74. The van der Waals surface area contributed by atoms with Gasteiger partial charge >= 0.3 is 0 Å². The van der Waals surface area contributed by atoms with Crippen LogP contribution in [0.15, 0.2) is 0 Å². The zero-order chi connectivity index (χ0) is 5.11. The third kappa shape index (κ3) is 1.20. The zero-order valence-electron chi connectivity index (χ0n) is 4.39. The van der Waals surface area contributed by atoms with E-state index < -0.39 is 0 Å². The Morgan fingerprint density at radius 2 is 1.86 bits per heavy atom. The summed E-state index contributed by atoms with van der Waals surface area (Å²) in [6.45, 7) is 0. The van der Waals surface area contributed by atoms with E-state index in [9.17, 15) is 0 Å². The molecule has 1 aliphatic carbocycles. The molecule has 0 aliphatic heterocycles. The van der Waals surface area contributed by atoms with Crippen molar-refractivity contribution in [2.75, 3.05) is 0 Å². The van der Waals surface area contributed by atoms with Crippen molar-refractivity contribution in [2.45, 2.75) is 31.8 Å². The van der Waals surface area contributed by atoms with Crippen LogP contribution in [0.3, 0.4) is 0 Å². The fourth-order valence-corrected chi connectivity index (χ4v) is 1.02. The molecule has 0 aromatic rings. The second-order valence-electron chi connectivity index (χ2n) is 2.04. The van der Waals surface area contributed by atoms with Gasteiger partial charge in [0.1, 0.15) is 0 Å². The van der Waals surface area contributed by atoms with Gasteiger partial charge in [0.2, 0.25) is 0 Å². The van der Waals surface area contributed by atoms with Crippen LogP contribution in [0.1, 0.15) is 25.7 Å². The minimum atomic E-state index is 0.375. The molecule has 2 heteroatoms.